The van der Waals surface area contributed by atoms with E-state index >= 15 is 0 Å². The summed E-state index contributed by atoms with van der Waals surface area (Å²) in [5, 5.41) is 4.32. The predicted molar refractivity (Wildman–Crippen MR) is 68.8 cm³/mol. The molecule has 0 radical (unpaired) electrons. The molecule has 0 aromatic carbocycles. The molecule has 5 nitrogen and oxygen atoms in total. The maximum Gasteiger partial charge on any atom is 0.154 e. The summed E-state index contributed by atoms with van der Waals surface area (Å²) < 4.78 is 1.78. The molecular weight excluding hydrogens is 226 g/mol. The summed E-state index contributed by atoms with van der Waals surface area (Å²) >= 11 is 0. The monoisotopic (exact) mass is 239 g/mol. The van der Waals surface area contributed by atoms with Crippen molar-refractivity contribution in [3.8, 4) is 11.4 Å². The van der Waals surface area contributed by atoms with Crippen molar-refractivity contribution in [3.63, 3.8) is 0 Å². The highest BCUT2D eigenvalue weighted by Gasteiger charge is 2.18. The summed E-state index contributed by atoms with van der Waals surface area (Å²) in [4.78, 5) is 8.88. The van der Waals surface area contributed by atoms with Gasteiger partial charge >= 0.3 is 0 Å². The Morgan fingerprint density at radius 3 is 2.78 bits per heavy atom. The third-order valence-electron chi connectivity index (χ3n) is 2.76. The molecule has 3 rings (SSSR count). The van der Waals surface area contributed by atoms with Gasteiger partial charge in [0.1, 0.15) is 5.69 Å². The van der Waals surface area contributed by atoms with Crippen LogP contribution in [-0.2, 0) is 0 Å². The first kappa shape index (κ1) is 10.9. The Kier molecular flexibility index (Phi) is 2.53. The first-order valence-corrected chi connectivity index (χ1v) is 5.78. The minimum Gasteiger partial charge on any atom is -0.323 e. The van der Waals surface area contributed by atoms with E-state index in [0.29, 0.717) is 0 Å². The second-order valence-corrected chi connectivity index (χ2v) is 4.14. The maximum atomic E-state index is 5.98. The van der Waals surface area contributed by atoms with E-state index < -0.39 is 0 Å². The lowest BCUT2D eigenvalue weighted by Crippen LogP contribution is -2.07. The smallest absolute Gasteiger partial charge is 0.154 e. The number of aromatic nitrogens is 4. The lowest BCUT2D eigenvalue weighted by molar-refractivity contribution is 0.790. The van der Waals surface area contributed by atoms with Crippen LogP contribution in [0, 0.1) is 0 Å². The van der Waals surface area contributed by atoms with Crippen LogP contribution in [0.5, 0.6) is 0 Å². The molecule has 0 amide bonds. The van der Waals surface area contributed by atoms with Crippen molar-refractivity contribution in [2.24, 2.45) is 5.73 Å². The molecule has 18 heavy (non-hydrogen) atoms. The molecule has 0 saturated carbocycles. The zero-order valence-electron chi connectivity index (χ0n) is 9.99. The fourth-order valence-electron chi connectivity index (χ4n) is 1.97. The number of pyridine rings is 1. The van der Waals surface area contributed by atoms with Gasteiger partial charge in [-0.1, -0.05) is 6.07 Å². The van der Waals surface area contributed by atoms with E-state index in [9.17, 15) is 0 Å². The second kappa shape index (κ2) is 4.19. The van der Waals surface area contributed by atoms with Crippen molar-refractivity contribution in [1.82, 2.24) is 19.6 Å². The van der Waals surface area contributed by atoms with Crippen LogP contribution in [0.15, 0.2) is 42.7 Å². The van der Waals surface area contributed by atoms with Crippen molar-refractivity contribution < 1.29 is 0 Å². The number of nitrogens with two attached hydrogens (primary N) is 1. The Labute approximate surface area is 104 Å². The Morgan fingerprint density at radius 2 is 2.06 bits per heavy atom. The van der Waals surface area contributed by atoms with Crippen LogP contribution in [0.25, 0.3) is 17.0 Å². The van der Waals surface area contributed by atoms with Gasteiger partial charge in [-0.25, -0.2) is 9.50 Å². The van der Waals surface area contributed by atoms with Gasteiger partial charge in [0.15, 0.2) is 5.65 Å². The summed E-state index contributed by atoms with van der Waals surface area (Å²) in [6, 6.07) is 9.36. The molecule has 90 valence electrons. The Balaban J connectivity index is 2.35. The summed E-state index contributed by atoms with van der Waals surface area (Å²) in [7, 11) is 0. The highest BCUT2D eigenvalue weighted by Crippen LogP contribution is 2.25. The van der Waals surface area contributed by atoms with Gasteiger partial charge in [-0.05, 0) is 31.2 Å². The summed E-state index contributed by atoms with van der Waals surface area (Å²) in [6.07, 6.45) is 3.48. The lowest BCUT2D eigenvalue weighted by atomic mass is 10.1. The van der Waals surface area contributed by atoms with Gasteiger partial charge in [0.25, 0.3) is 0 Å². The van der Waals surface area contributed by atoms with Crippen LogP contribution < -0.4 is 5.73 Å². The number of nitrogens with zero attached hydrogens (tertiary/aromatic N) is 4. The van der Waals surface area contributed by atoms with Crippen molar-refractivity contribution in [1.29, 1.82) is 0 Å². The molecule has 0 spiro atoms. The molecule has 3 heterocycles. The van der Waals surface area contributed by atoms with Crippen LogP contribution in [-0.4, -0.2) is 19.6 Å². The zero-order chi connectivity index (χ0) is 12.5. The molecular formula is C13H13N5. The molecule has 1 atom stereocenters. The molecule has 3 aromatic rings. The average molecular weight is 239 g/mol. The minimum absolute atomic E-state index is 0.163. The standard InChI is InChI=1S/C13H13N5/c1-9(14)12-13(10-5-2-3-7-15-10)18-11(17-12)6-4-8-16-18/h2-9H,14H2,1H3. The minimum atomic E-state index is -0.163. The summed E-state index contributed by atoms with van der Waals surface area (Å²) in [6.45, 7) is 1.91. The highest BCUT2D eigenvalue weighted by molar-refractivity contribution is 5.63. The molecule has 0 aliphatic carbocycles. The number of hydrogen-bond acceptors (Lipinski definition) is 4. The van der Waals surface area contributed by atoms with Gasteiger partial charge < -0.3 is 5.73 Å². The normalized spacial score (nSPS) is 12.8. The number of rotatable bonds is 2. The van der Waals surface area contributed by atoms with Gasteiger partial charge in [-0.15, -0.1) is 0 Å². The Bertz CT molecular complexity index is 672. The maximum absolute atomic E-state index is 5.98. The molecule has 1 unspecified atom stereocenters. The summed E-state index contributed by atoms with van der Waals surface area (Å²) in [5.74, 6) is 0. The van der Waals surface area contributed by atoms with Crippen LogP contribution >= 0.6 is 0 Å². The molecule has 0 fully saturated rings. The molecule has 0 bridgehead atoms. The van der Waals surface area contributed by atoms with Crippen LogP contribution in [0.4, 0.5) is 0 Å². The fraction of sp³-hybridized carbons (Fsp3) is 0.154. The van der Waals surface area contributed by atoms with Crippen molar-refractivity contribution >= 4 is 5.65 Å². The molecule has 3 aromatic heterocycles. The third kappa shape index (κ3) is 1.65. The van der Waals surface area contributed by atoms with Crippen LogP contribution in [0.1, 0.15) is 18.7 Å². The zero-order valence-corrected chi connectivity index (χ0v) is 9.99. The van der Waals surface area contributed by atoms with Gasteiger partial charge in [0.05, 0.1) is 11.4 Å². The largest absolute Gasteiger partial charge is 0.323 e. The Hall–Kier alpha value is -2.27. The van der Waals surface area contributed by atoms with E-state index in [-0.39, 0.29) is 6.04 Å². The topological polar surface area (TPSA) is 69.1 Å². The van der Waals surface area contributed by atoms with Crippen molar-refractivity contribution in [2.75, 3.05) is 0 Å². The summed E-state index contributed by atoms with van der Waals surface area (Å²) in [5.41, 5.74) is 9.27. The SMILES string of the molecule is CC(N)c1nc2cccnn2c1-c1ccccn1. The molecule has 0 aliphatic heterocycles. The number of imidazole rings is 1. The van der Waals surface area contributed by atoms with E-state index in [1.807, 2.05) is 37.3 Å². The average Bonchev–Trinajstić information content (AvgIpc) is 2.79. The van der Waals surface area contributed by atoms with Gasteiger partial charge in [0, 0.05) is 18.4 Å². The molecule has 0 aliphatic rings. The second-order valence-electron chi connectivity index (χ2n) is 4.14. The first-order chi connectivity index (χ1) is 8.77. The van der Waals surface area contributed by atoms with E-state index in [1.54, 1.807) is 16.9 Å². The Morgan fingerprint density at radius 1 is 1.17 bits per heavy atom. The van der Waals surface area contributed by atoms with Gasteiger partial charge in [0.2, 0.25) is 0 Å². The molecule has 0 saturated heterocycles. The third-order valence-corrected chi connectivity index (χ3v) is 2.76. The number of hydrogen-bond donors (Lipinski definition) is 1. The fourth-order valence-corrected chi connectivity index (χ4v) is 1.97. The van der Waals surface area contributed by atoms with E-state index in [4.69, 9.17) is 5.73 Å². The number of fused-ring (bicyclic) bond motifs is 1. The van der Waals surface area contributed by atoms with Crippen LogP contribution in [0.3, 0.4) is 0 Å². The van der Waals surface area contributed by atoms with Gasteiger partial charge in [-0.2, -0.15) is 5.10 Å². The lowest BCUT2D eigenvalue weighted by Gasteiger charge is -2.05. The predicted octanol–water partition coefficient (Wildman–Crippen LogP) is 1.81. The van der Waals surface area contributed by atoms with Crippen LogP contribution in [0.2, 0.25) is 0 Å². The highest BCUT2D eigenvalue weighted by atomic mass is 15.3. The van der Waals surface area contributed by atoms with E-state index in [2.05, 4.69) is 15.1 Å². The molecule has 5 heteroatoms. The van der Waals surface area contributed by atoms with E-state index in [0.717, 1.165) is 22.7 Å². The van der Waals surface area contributed by atoms with Crippen molar-refractivity contribution in [2.45, 2.75) is 13.0 Å². The quantitative estimate of drug-likeness (QED) is 0.740. The first-order valence-electron chi connectivity index (χ1n) is 5.78. The van der Waals surface area contributed by atoms with Gasteiger partial charge in [-0.3, -0.25) is 4.98 Å². The van der Waals surface area contributed by atoms with Crippen molar-refractivity contribution in [3.05, 3.63) is 48.4 Å². The molecule has 2 N–H and O–H groups in total. The van der Waals surface area contributed by atoms with E-state index in [1.165, 1.54) is 0 Å².